The Morgan fingerprint density at radius 2 is 2.00 bits per heavy atom. The molecule has 172 valence electrons. The van der Waals surface area contributed by atoms with E-state index in [1.54, 1.807) is 23.6 Å². The molecular weight excluding hydrogens is 438 g/mol. The average Bonchev–Trinajstić information content (AvgIpc) is 3.32. The number of phenolic OH excluding ortho intramolecular Hbond substituents is 1. The molecule has 0 aliphatic heterocycles. The Morgan fingerprint density at radius 3 is 2.62 bits per heavy atom. The number of phenols is 1. The van der Waals surface area contributed by atoms with Gasteiger partial charge in [0, 0.05) is 6.54 Å². The van der Waals surface area contributed by atoms with Gasteiger partial charge >= 0.3 is 5.69 Å². The van der Waals surface area contributed by atoms with Crippen molar-refractivity contribution in [3.63, 3.8) is 0 Å². The molecule has 2 heterocycles. The van der Waals surface area contributed by atoms with E-state index in [4.69, 9.17) is 11.6 Å². The first-order valence-corrected chi connectivity index (χ1v) is 11.0. The third kappa shape index (κ3) is 3.89. The van der Waals surface area contributed by atoms with Gasteiger partial charge in [0.15, 0.2) is 11.2 Å². The van der Waals surface area contributed by atoms with Crippen LogP contribution in [-0.4, -0.2) is 52.8 Å². The van der Waals surface area contributed by atoms with Crippen LogP contribution in [0, 0.1) is 0 Å². The lowest BCUT2D eigenvalue weighted by molar-refractivity contribution is 0.171. The van der Waals surface area contributed by atoms with Crippen LogP contribution in [0.1, 0.15) is 31.7 Å². The molecular formula is C21H26ClN5O5. The highest BCUT2D eigenvalue weighted by molar-refractivity contribution is 6.32. The number of imidazole rings is 1. The lowest BCUT2D eigenvalue weighted by Crippen LogP contribution is -2.40. The molecule has 0 spiro atoms. The highest BCUT2D eigenvalue weighted by atomic mass is 35.5. The van der Waals surface area contributed by atoms with Crippen molar-refractivity contribution in [3.8, 4) is 5.75 Å². The minimum Gasteiger partial charge on any atom is -0.506 e. The van der Waals surface area contributed by atoms with Gasteiger partial charge in [0.1, 0.15) is 5.75 Å². The van der Waals surface area contributed by atoms with Gasteiger partial charge in [-0.3, -0.25) is 18.5 Å². The molecule has 0 radical (unpaired) electrons. The number of aliphatic hydroxyl groups is 2. The fourth-order valence-corrected chi connectivity index (χ4v) is 4.44. The molecule has 0 unspecified atom stereocenters. The van der Waals surface area contributed by atoms with E-state index in [0.29, 0.717) is 17.9 Å². The summed E-state index contributed by atoms with van der Waals surface area (Å²) in [6.45, 7) is 1.76. The van der Waals surface area contributed by atoms with Gasteiger partial charge in [-0.15, -0.1) is 0 Å². The van der Waals surface area contributed by atoms with E-state index in [1.807, 2.05) is 0 Å². The first-order chi connectivity index (χ1) is 15.3. The maximum Gasteiger partial charge on any atom is 0.332 e. The fourth-order valence-electron chi connectivity index (χ4n) is 4.24. The summed E-state index contributed by atoms with van der Waals surface area (Å²) in [6, 6.07) is 4.51. The number of halogens is 1. The molecule has 0 bridgehead atoms. The monoisotopic (exact) mass is 463 g/mol. The number of nitrogens with zero attached hydrogens (tertiary/aromatic N) is 4. The largest absolute Gasteiger partial charge is 0.506 e. The zero-order valence-electron chi connectivity index (χ0n) is 17.7. The van der Waals surface area contributed by atoms with E-state index >= 15 is 0 Å². The molecule has 1 fully saturated rings. The summed E-state index contributed by atoms with van der Waals surface area (Å²) in [6.07, 6.45) is 1.74. The number of nitrogens with one attached hydrogen (secondary N) is 1. The Bertz CT molecular complexity index is 1260. The van der Waals surface area contributed by atoms with Crippen LogP contribution in [0.5, 0.6) is 5.75 Å². The number of anilines is 1. The third-order valence-corrected chi connectivity index (χ3v) is 6.20. The van der Waals surface area contributed by atoms with Crippen molar-refractivity contribution in [2.45, 2.75) is 58.0 Å². The van der Waals surface area contributed by atoms with Crippen LogP contribution >= 0.6 is 11.6 Å². The number of hydrogen-bond donors (Lipinski definition) is 4. The van der Waals surface area contributed by atoms with Gasteiger partial charge in [-0.2, -0.15) is 4.98 Å². The molecule has 1 aliphatic carbocycles. The van der Waals surface area contributed by atoms with Gasteiger partial charge in [0.25, 0.3) is 5.56 Å². The van der Waals surface area contributed by atoms with E-state index in [-0.39, 0.29) is 54.2 Å². The summed E-state index contributed by atoms with van der Waals surface area (Å²) < 4.78 is 4.05. The van der Waals surface area contributed by atoms with Crippen molar-refractivity contribution in [2.75, 3.05) is 11.9 Å². The molecule has 0 amide bonds. The van der Waals surface area contributed by atoms with Crippen LogP contribution in [0.2, 0.25) is 5.02 Å². The number of aromatic hydroxyl groups is 1. The molecule has 32 heavy (non-hydrogen) atoms. The van der Waals surface area contributed by atoms with Gasteiger partial charge in [-0.05, 0) is 43.9 Å². The van der Waals surface area contributed by atoms with E-state index in [0.717, 1.165) is 17.4 Å². The molecule has 2 aromatic heterocycles. The lowest BCUT2D eigenvalue weighted by atomic mass is 10.2. The fraction of sp³-hybridized carbons (Fsp3) is 0.476. The number of hydrogen-bond acceptors (Lipinski definition) is 7. The maximum atomic E-state index is 13.3. The van der Waals surface area contributed by atoms with Gasteiger partial charge < -0.3 is 20.6 Å². The van der Waals surface area contributed by atoms with Gasteiger partial charge in [-0.25, -0.2) is 4.79 Å². The Morgan fingerprint density at radius 1 is 1.22 bits per heavy atom. The smallest absolute Gasteiger partial charge is 0.332 e. The van der Waals surface area contributed by atoms with Crippen molar-refractivity contribution in [1.29, 1.82) is 0 Å². The summed E-state index contributed by atoms with van der Waals surface area (Å²) in [5.74, 6) is 0.288. The molecule has 1 aliphatic rings. The highest BCUT2D eigenvalue weighted by Crippen LogP contribution is 2.27. The molecule has 4 N–H and O–H groups in total. The van der Waals surface area contributed by atoms with E-state index in [2.05, 4.69) is 10.3 Å². The van der Waals surface area contributed by atoms with Crippen molar-refractivity contribution < 1.29 is 15.3 Å². The predicted octanol–water partition coefficient (Wildman–Crippen LogP) is 1.10. The normalized spacial score (nSPS) is 18.5. The van der Waals surface area contributed by atoms with E-state index < -0.39 is 17.4 Å². The van der Waals surface area contributed by atoms with Crippen LogP contribution in [-0.2, 0) is 19.6 Å². The number of aliphatic hydroxyl groups excluding tert-OH is 2. The summed E-state index contributed by atoms with van der Waals surface area (Å²) in [5, 5.41) is 33.0. The Hall–Kier alpha value is -2.82. The summed E-state index contributed by atoms with van der Waals surface area (Å²) >= 11 is 6.07. The number of fused-ring (bicyclic) bond motifs is 1. The first kappa shape index (κ1) is 22.4. The first-order valence-electron chi connectivity index (χ1n) is 10.6. The molecule has 3 aromatic rings. The Labute approximate surface area is 188 Å². The van der Waals surface area contributed by atoms with Crippen LogP contribution in [0.4, 0.5) is 5.95 Å². The second kappa shape index (κ2) is 8.97. The number of benzene rings is 1. The molecule has 4 rings (SSSR count). The minimum atomic E-state index is -0.543. The number of rotatable bonds is 7. The van der Waals surface area contributed by atoms with Gasteiger partial charge in [0.05, 0.1) is 36.9 Å². The van der Waals surface area contributed by atoms with Crippen LogP contribution in [0.3, 0.4) is 0 Å². The predicted molar refractivity (Wildman–Crippen MR) is 121 cm³/mol. The van der Waals surface area contributed by atoms with Gasteiger partial charge in [-0.1, -0.05) is 17.7 Å². The molecule has 1 saturated carbocycles. The quantitative estimate of drug-likeness (QED) is 0.412. The average molecular weight is 464 g/mol. The molecule has 2 atom stereocenters. The van der Waals surface area contributed by atoms with Crippen molar-refractivity contribution in [2.24, 2.45) is 0 Å². The maximum absolute atomic E-state index is 13.3. The van der Waals surface area contributed by atoms with Crippen molar-refractivity contribution in [1.82, 2.24) is 18.7 Å². The highest BCUT2D eigenvalue weighted by Gasteiger charge is 2.28. The van der Waals surface area contributed by atoms with Crippen molar-refractivity contribution in [3.05, 3.63) is 49.6 Å². The molecule has 1 aromatic carbocycles. The third-order valence-electron chi connectivity index (χ3n) is 5.90. The summed E-state index contributed by atoms with van der Waals surface area (Å²) in [4.78, 5) is 30.7. The Kier molecular flexibility index (Phi) is 6.27. The molecule has 11 heteroatoms. The van der Waals surface area contributed by atoms with Crippen LogP contribution in [0.25, 0.3) is 11.2 Å². The number of aromatic nitrogens is 4. The van der Waals surface area contributed by atoms with E-state index in [1.165, 1.54) is 10.6 Å². The second-order valence-corrected chi connectivity index (χ2v) is 8.34. The van der Waals surface area contributed by atoms with Crippen LogP contribution < -0.4 is 16.6 Å². The topological polar surface area (TPSA) is 135 Å². The zero-order valence-corrected chi connectivity index (χ0v) is 18.4. The van der Waals surface area contributed by atoms with Crippen LogP contribution in [0.15, 0.2) is 27.8 Å². The SMILES string of the molecule is CCn1c(=O)c2c(nc(N[C@@H]3CCC[C@H]3O)n2Cc2ccc(O)c(Cl)c2)n(CCO)c1=O. The zero-order chi connectivity index (χ0) is 23.0. The summed E-state index contributed by atoms with van der Waals surface area (Å²) in [7, 11) is 0. The standard InChI is InChI=1S/C21H26ClN5O5/c1-2-25-19(31)17-18(26(8-9-28)21(25)32)24-20(23-14-4-3-5-16(14)30)27(17)11-12-6-7-15(29)13(22)10-12/h6-7,10,14,16,28-30H,2-5,8-9,11H2,1H3,(H,23,24)/t14-,16-/m1/s1. The van der Waals surface area contributed by atoms with E-state index in [9.17, 15) is 24.9 Å². The molecule has 10 nitrogen and oxygen atoms in total. The Balaban J connectivity index is 1.95. The van der Waals surface area contributed by atoms with Crippen molar-refractivity contribution >= 4 is 28.7 Å². The lowest BCUT2D eigenvalue weighted by Gasteiger charge is -2.18. The molecule has 0 saturated heterocycles. The van der Waals surface area contributed by atoms with Gasteiger partial charge in [0.2, 0.25) is 5.95 Å². The minimum absolute atomic E-state index is 0.0108. The summed E-state index contributed by atoms with van der Waals surface area (Å²) in [5.41, 5.74) is 0.0603. The second-order valence-electron chi connectivity index (χ2n) is 7.94.